The normalized spacial score (nSPS) is 12.6. The molecule has 0 aliphatic rings. The SMILES string of the molecule is CCCC/C=C\CCCCCCCC(=O)OC[C@H](COC(=O)CCCCCCCCCCCCCCCCCCCCCCC)OC(=O)CC/C=C\C/C=C\C/C=C\C/C=C\C/C=C\CCCCC. The van der Waals surface area contributed by atoms with Gasteiger partial charge in [-0.3, -0.25) is 14.4 Å². The average molecular weight is 964 g/mol. The van der Waals surface area contributed by atoms with E-state index in [-0.39, 0.29) is 37.5 Å². The van der Waals surface area contributed by atoms with Crippen LogP contribution in [0.25, 0.3) is 0 Å². The highest BCUT2D eigenvalue weighted by atomic mass is 16.6. The summed E-state index contributed by atoms with van der Waals surface area (Å²) in [6.45, 7) is 6.53. The molecule has 0 unspecified atom stereocenters. The standard InChI is InChI=1S/C63H110O6/c1-4-7-10-13-16-19-22-24-26-28-30-31-33-34-36-38-41-44-47-50-53-56-62(65)68-59-60(58-67-61(64)55-52-49-46-43-40-21-18-15-12-9-6-3)69-63(66)57-54-51-48-45-42-39-37-35-32-29-27-25-23-20-17-14-11-8-5-2/h15,17-18,20,25,27,32,35,39,42,48,51,60H,4-14,16,19,21-24,26,28-31,33-34,36-38,40-41,43-47,49-50,52-59H2,1-3H3/b18-15-,20-17-,27-25-,35-32-,42-39-,51-48-/t60-/m1/s1. The molecule has 0 aliphatic carbocycles. The maximum atomic E-state index is 12.8. The molecule has 0 saturated heterocycles. The summed E-state index contributed by atoms with van der Waals surface area (Å²) < 4.78 is 16.8. The van der Waals surface area contributed by atoms with E-state index in [1.807, 2.05) is 6.08 Å². The Morgan fingerprint density at radius 2 is 0.565 bits per heavy atom. The molecule has 6 nitrogen and oxygen atoms in total. The van der Waals surface area contributed by atoms with Crippen molar-refractivity contribution >= 4 is 17.9 Å². The van der Waals surface area contributed by atoms with Crippen LogP contribution >= 0.6 is 0 Å². The van der Waals surface area contributed by atoms with Gasteiger partial charge < -0.3 is 14.2 Å². The first-order valence-electron chi connectivity index (χ1n) is 29.4. The van der Waals surface area contributed by atoms with E-state index in [0.717, 1.165) is 77.0 Å². The van der Waals surface area contributed by atoms with E-state index < -0.39 is 6.10 Å². The molecule has 0 aromatic carbocycles. The number of esters is 3. The van der Waals surface area contributed by atoms with Gasteiger partial charge in [0, 0.05) is 19.3 Å². The highest BCUT2D eigenvalue weighted by Gasteiger charge is 2.19. The molecule has 0 aromatic rings. The molecule has 0 N–H and O–H groups in total. The minimum atomic E-state index is -0.817. The number of hydrogen-bond donors (Lipinski definition) is 0. The summed E-state index contributed by atoms with van der Waals surface area (Å²) in [5.74, 6) is -0.990. The fraction of sp³-hybridized carbons (Fsp3) is 0.762. The highest BCUT2D eigenvalue weighted by Crippen LogP contribution is 2.16. The van der Waals surface area contributed by atoms with Gasteiger partial charge in [0.2, 0.25) is 0 Å². The van der Waals surface area contributed by atoms with Crippen LogP contribution in [0.5, 0.6) is 0 Å². The summed E-state index contributed by atoms with van der Waals surface area (Å²) in [6, 6.07) is 0. The van der Waals surface area contributed by atoms with Crippen molar-refractivity contribution in [3.05, 3.63) is 72.9 Å². The van der Waals surface area contributed by atoms with Crippen molar-refractivity contribution in [1.29, 1.82) is 0 Å². The minimum Gasteiger partial charge on any atom is -0.462 e. The first-order chi connectivity index (χ1) is 34.0. The van der Waals surface area contributed by atoms with Crippen LogP contribution in [0, 0.1) is 0 Å². The van der Waals surface area contributed by atoms with Crippen molar-refractivity contribution in [3.8, 4) is 0 Å². The third-order valence-electron chi connectivity index (χ3n) is 12.7. The number of rotatable bonds is 53. The number of unbranched alkanes of at least 4 members (excludes halogenated alkanes) is 30. The predicted molar refractivity (Wildman–Crippen MR) is 298 cm³/mol. The van der Waals surface area contributed by atoms with E-state index in [2.05, 4.69) is 87.6 Å². The Morgan fingerprint density at radius 3 is 0.957 bits per heavy atom. The summed E-state index contributed by atoms with van der Waals surface area (Å²) >= 11 is 0. The lowest BCUT2D eigenvalue weighted by atomic mass is 10.0. The lowest BCUT2D eigenvalue weighted by Crippen LogP contribution is -2.30. The zero-order valence-electron chi connectivity index (χ0n) is 45.6. The molecule has 0 heterocycles. The molecule has 69 heavy (non-hydrogen) atoms. The zero-order valence-corrected chi connectivity index (χ0v) is 45.6. The first kappa shape index (κ1) is 65.8. The molecule has 0 aliphatic heterocycles. The molecular weight excluding hydrogens is 853 g/mol. The van der Waals surface area contributed by atoms with Gasteiger partial charge in [-0.1, -0.05) is 267 Å². The van der Waals surface area contributed by atoms with Crippen LogP contribution in [0.15, 0.2) is 72.9 Å². The Bertz CT molecular complexity index is 1290. The topological polar surface area (TPSA) is 78.9 Å². The van der Waals surface area contributed by atoms with E-state index in [0.29, 0.717) is 19.3 Å². The molecule has 0 amide bonds. The minimum absolute atomic E-state index is 0.105. The molecule has 1 atom stereocenters. The number of carbonyl (C=O) groups is 3. The van der Waals surface area contributed by atoms with Crippen molar-refractivity contribution in [2.75, 3.05) is 13.2 Å². The van der Waals surface area contributed by atoms with Crippen LogP contribution in [0.4, 0.5) is 0 Å². The van der Waals surface area contributed by atoms with Crippen LogP contribution in [-0.2, 0) is 28.6 Å². The van der Waals surface area contributed by atoms with Crippen LogP contribution in [0.2, 0.25) is 0 Å². The van der Waals surface area contributed by atoms with E-state index in [9.17, 15) is 14.4 Å². The van der Waals surface area contributed by atoms with E-state index in [1.54, 1.807) is 0 Å². The third kappa shape index (κ3) is 55.6. The Hall–Kier alpha value is -3.15. The van der Waals surface area contributed by atoms with Crippen LogP contribution < -0.4 is 0 Å². The molecular formula is C63H110O6. The Kier molecular flexibility index (Phi) is 54.8. The molecule has 0 saturated carbocycles. The monoisotopic (exact) mass is 963 g/mol. The Balaban J connectivity index is 4.39. The Labute approximate surface area is 427 Å². The highest BCUT2D eigenvalue weighted by molar-refractivity contribution is 5.71. The summed E-state index contributed by atoms with van der Waals surface area (Å²) in [6.07, 6.45) is 73.4. The van der Waals surface area contributed by atoms with E-state index in [4.69, 9.17) is 14.2 Å². The third-order valence-corrected chi connectivity index (χ3v) is 12.7. The predicted octanol–water partition coefficient (Wildman–Crippen LogP) is 19.8. The largest absolute Gasteiger partial charge is 0.462 e. The molecule has 0 fully saturated rings. The lowest BCUT2D eigenvalue weighted by molar-refractivity contribution is -0.166. The molecule has 0 radical (unpaired) electrons. The first-order valence-corrected chi connectivity index (χ1v) is 29.4. The van der Waals surface area contributed by atoms with E-state index >= 15 is 0 Å². The van der Waals surface area contributed by atoms with Gasteiger partial charge in [-0.2, -0.15) is 0 Å². The summed E-state index contributed by atoms with van der Waals surface area (Å²) in [5, 5.41) is 0. The summed E-state index contributed by atoms with van der Waals surface area (Å²) in [7, 11) is 0. The second-order valence-electron chi connectivity index (χ2n) is 19.6. The fourth-order valence-electron chi connectivity index (χ4n) is 8.23. The second kappa shape index (κ2) is 57.4. The molecule has 0 aromatic heterocycles. The van der Waals surface area contributed by atoms with Crippen molar-refractivity contribution in [3.63, 3.8) is 0 Å². The van der Waals surface area contributed by atoms with Gasteiger partial charge in [-0.25, -0.2) is 0 Å². The average Bonchev–Trinajstić information content (AvgIpc) is 3.35. The Morgan fingerprint density at radius 1 is 0.290 bits per heavy atom. The van der Waals surface area contributed by atoms with Crippen molar-refractivity contribution in [2.45, 2.75) is 297 Å². The number of carbonyl (C=O) groups excluding carboxylic acids is 3. The lowest BCUT2D eigenvalue weighted by Gasteiger charge is -2.18. The van der Waals surface area contributed by atoms with Gasteiger partial charge >= 0.3 is 17.9 Å². The second-order valence-corrected chi connectivity index (χ2v) is 19.6. The summed E-state index contributed by atoms with van der Waals surface area (Å²) in [5.41, 5.74) is 0. The maximum absolute atomic E-state index is 12.8. The molecule has 0 rings (SSSR count). The number of hydrogen-bond acceptors (Lipinski definition) is 6. The van der Waals surface area contributed by atoms with Crippen molar-refractivity contribution in [2.24, 2.45) is 0 Å². The quantitative estimate of drug-likeness (QED) is 0.0262. The molecule has 0 spiro atoms. The molecule has 0 bridgehead atoms. The smallest absolute Gasteiger partial charge is 0.306 e. The van der Waals surface area contributed by atoms with Gasteiger partial charge in [0.05, 0.1) is 0 Å². The van der Waals surface area contributed by atoms with E-state index in [1.165, 1.54) is 167 Å². The maximum Gasteiger partial charge on any atom is 0.306 e. The zero-order chi connectivity index (χ0) is 50.0. The van der Waals surface area contributed by atoms with Gasteiger partial charge in [-0.15, -0.1) is 0 Å². The fourth-order valence-corrected chi connectivity index (χ4v) is 8.23. The van der Waals surface area contributed by atoms with Crippen LogP contribution in [-0.4, -0.2) is 37.2 Å². The number of allylic oxidation sites excluding steroid dienone is 12. The van der Waals surface area contributed by atoms with Gasteiger partial charge in [0.15, 0.2) is 6.10 Å². The van der Waals surface area contributed by atoms with Gasteiger partial charge in [0.1, 0.15) is 13.2 Å². The van der Waals surface area contributed by atoms with Gasteiger partial charge in [-0.05, 0) is 77.0 Å². The van der Waals surface area contributed by atoms with Crippen molar-refractivity contribution in [1.82, 2.24) is 0 Å². The van der Waals surface area contributed by atoms with Gasteiger partial charge in [0.25, 0.3) is 0 Å². The van der Waals surface area contributed by atoms with Crippen molar-refractivity contribution < 1.29 is 28.6 Å². The van der Waals surface area contributed by atoms with Crippen LogP contribution in [0.1, 0.15) is 290 Å². The summed E-state index contributed by atoms with van der Waals surface area (Å²) in [4.78, 5) is 38.1. The molecule has 398 valence electrons. The molecule has 6 heteroatoms. The number of ether oxygens (including phenoxy) is 3. The van der Waals surface area contributed by atoms with Crippen LogP contribution in [0.3, 0.4) is 0 Å².